The minimum Gasteiger partial charge on any atom is -0.431 e. The van der Waals surface area contributed by atoms with E-state index in [0.29, 0.717) is 16.5 Å². The van der Waals surface area contributed by atoms with Crippen LogP contribution in [0.5, 0.6) is 0 Å². The van der Waals surface area contributed by atoms with Crippen molar-refractivity contribution in [3.63, 3.8) is 0 Å². The average Bonchev–Trinajstić information content (AvgIpc) is 2.95. The molecule has 0 unspecified atom stereocenters. The highest BCUT2D eigenvalue weighted by Crippen LogP contribution is 2.27. The number of oxazole rings is 1. The van der Waals surface area contributed by atoms with Crippen LogP contribution in [0, 0.1) is 0 Å². The van der Waals surface area contributed by atoms with Crippen LogP contribution in [-0.2, 0) is 5.75 Å². The van der Waals surface area contributed by atoms with Crippen LogP contribution in [0.25, 0.3) is 11.1 Å². The van der Waals surface area contributed by atoms with Crippen molar-refractivity contribution in [2.24, 2.45) is 0 Å². The fraction of sp³-hybridized carbons (Fsp3) is 0.222. The van der Waals surface area contributed by atoms with E-state index in [0.717, 1.165) is 16.7 Å². The molecule has 1 heterocycles. The molecule has 3 aromatic rings. The second-order valence-corrected chi connectivity index (χ2v) is 6.45. The summed E-state index contributed by atoms with van der Waals surface area (Å²) in [7, 11) is 0. The van der Waals surface area contributed by atoms with Gasteiger partial charge in [0.15, 0.2) is 5.58 Å². The molecule has 0 aliphatic heterocycles. The van der Waals surface area contributed by atoms with Crippen molar-refractivity contribution in [3.05, 3.63) is 59.7 Å². The zero-order valence-corrected chi connectivity index (χ0v) is 13.9. The molecule has 4 nitrogen and oxygen atoms in total. The first kappa shape index (κ1) is 15.6. The average molecular weight is 326 g/mol. The number of nitrogens with one attached hydrogen (secondary N) is 1. The van der Waals surface area contributed by atoms with Gasteiger partial charge in [0.25, 0.3) is 11.1 Å². The van der Waals surface area contributed by atoms with Crippen molar-refractivity contribution in [2.45, 2.75) is 30.9 Å². The third kappa shape index (κ3) is 3.74. The summed E-state index contributed by atoms with van der Waals surface area (Å²) in [5.41, 5.74) is 3.30. The van der Waals surface area contributed by atoms with Crippen molar-refractivity contribution in [2.75, 3.05) is 0 Å². The van der Waals surface area contributed by atoms with Gasteiger partial charge in [-0.2, -0.15) is 0 Å². The number of fused-ring (bicyclic) bond motifs is 1. The number of nitrogens with zero attached hydrogens (tertiary/aromatic N) is 1. The molecule has 23 heavy (non-hydrogen) atoms. The van der Waals surface area contributed by atoms with Crippen LogP contribution in [-0.4, -0.2) is 16.9 Å². The Morgan fingerprint density at radius 2 is 1.91 bits per heavy atom. The summed E-state index contributed by atoms with van der Waals surface area (Å²) >= 11 is 1.49. The lowest BCUT2D eigenvalue weighted by atomic mass is 10.1. The Bertz CT molecular complexity index is 794. The van der Waals surface area contributed by atoms with Crippen molar-refractivity contribution in [1.82, 2.24) is 10.3 Å². The van der Waals surface area contributed by atoms with Crippen molar-refractivity contribution in [1.29, 1.82) is 0 Å². The minimum absolute atomic E-state index is 0.0474. The van der Waals surface area contributed by atoms with Crippen molar-refractivity contribution in [3.8, 4) is 0 Å². The van der Waals surface area contributed by atoms with E-state index in [2.05, 4.69) is 10.3 Å². The number of aromatic nitrogens is 1. The molecule has 0 spiro atoms. The van der Waals surface area contributed by atoms with Crippen LogP contribution in [0.1, 0.15) is 29.8 Å². The van der Waals surface area contributed by atoms with E-state index in [1.165, 1.54) is 11.8 Å². The number of hydrogen-bond donors (Lipinski definition) is 1. The van der Waals surface area contributed by atoms with E-state index in [-0.39, 0.29) is 11.9 Å². The van der Waals surface area contributed by atoms with Crippen molar-refractivity contribution >= 4 is 28.8 Å². The van der Waals surface area contributed by atoms with Gasteiger partial charge in [0, 0.05) is 17.4 Å². The second-order valence-electron chi connectivity index (χ2n) is 5.52. The largest absolute Gasteiger partial charge is 0.431 e. The number of para-hydroxylation sites is 2. The molecule has 2 aromatic carbocycles. The third-order valence-electron chi connectivity index (χ3n) is 3.31. The molecule has 1 N–H and O–H groups in total. The van der Waals surface area contributed by atoms with Gasteiger partial charge in [-0.25, -0.2) is 4.98 Å². The standard InChI is InChI=1S/C18H18N2O2S/c1-12(2)19-17(21)14-8-4-3-7-13(14)11-23-18-20-15-9-5-6-10-16(15)22-18/h3-10,12H,11H2,1-2H3,(H,19,21). The molecule has 0 aliphatic carbocycles. The Hall–Kier alpha value is -2.27. The van der Waals surface area contributed by atoms with Gasteiger partial charge in [-0.05, 0) is 37.6 Å². The number of hydrogen-bond acceptors (Lipinski definition) is 4. The normalized spacial score (nSPS) is 11.1. The van der Waals surface area contributed by atoms with Gasteiger partial charge in [-0.3, -0.25) is 4.79 Å². The van der Waals surface area contributed by atoms with Gasteiger partial charge in [-0.1, -0.05) is 42.1 Å². The van der Waals surface area contributed by atoms with Crippen molar-refractivity contribution < 1.29 is 9.21 Å². The molecule has 3 rings (SSSR count). The molecule has 1 amide bonds. The predicted octanol–water partition coefficient (Wildman–Crippen LogP) is 4.26. The Balaban J connectivity index is 1.76. The molecule has 0 saturated heterocycles. The topological polar surface area (TPSA) is 55.1 Å². The molecule has 118 valence electrons. The van der Waals surface area contributed by atoms with Gasteiger partial charge in [0.1, 0.15) is 5.52 Å². The zero-order chi connectivity index (χ0) is 16.2. The summed E-state index contributed by atoms with van der Waals surface area (Å²) in [5.74, 6) is 0.586. The highest BCUT2D eigenvalue weighted by molar-refractivity contribution is 7.98. The first-order valence-electron chi connectivity index (χ1n) is 7.50. The Kier molecular flexibility index (Phi) is 4.67. The van der Waals surface area contributed by atoms with Crippen LogP contribution in [0.15, 0.2) is 58.2 Å². The molecule has 5 heteroatoms. The molecule has 0 radical (unpaired) electrons. The van der Waals surface area contributed by atoms with Gasteiger partial charge >= 0.3 is 0 Å². The maximum absolute atomic E-state index is 12.3. The third-order valence-corrected chi connectivity index (χ3v) is 4.18. The van der Waals surface area contributed by atoms with Gasteiger partial charge in [0.2, 0.25) is 0 Å². The lowest BCUT2D eigenvalue weighted by Crippen LogP contribution is -2.30. The first-order valence-corrected chi connectivity index (χ1v) is 8.49. The molecule has 0 aliphatic rings. The summed E-state index contributed by atoms with van der Waals surface area (Å²) in [4.78, 5) is 16.7. The fourth-order valence-corrected chi connectivity index (χ4v) is 3.10. The molecule has 0 fully saturated rings. The summed E-state index contributed by atoms with van der Waals surface area (Å²) in [6, 6.07) is 15.4. The van der Waals surface area contributed by atoms with E-state index in [1.54, 1.807) is 0 Å². The van der Waals surface area contributed by atoms with E-state index >= 15 is 0 Å². The van der Waals surface area contributed by atoms with Crippen LogP contribution in [0.4, 0.5) is 0 Å². The maximum Gasteiger partial charge on any atom is 0.257 e. The van der Waals surface area contributed by atoms with E-state index in [4.69, 9.17) is 4.42 Å². The Morgan fingerprint density at radius 1 is 1.17 bits per heavy atom. The smallest absolute Gasteiger partial charge is 0.257 e. The van der Waals surface area contributed by atoms with Gasteiger partial charge in [0.05, 0.1) is 0 Å². The quantitative estimate of drug-likeness (QED) is 0.712. The molecular formula is C18H18N2O2S. The van der Waals surface area contributed by atoms with Crippen LogP contribution in [0.3, 0.4) is 0 Å². The number of benzene rings is 2. The number of amides is 1. The van der Waals surface area contributed by atoms with Gasteiger partial charge in [-0.15, -0.1) is 0 Å². The second kappa shape index (κ2) is 6.87. The summed E-state index contributed by atoms with van der Waals surface area (Å²) in [6.45, 7) is 3.90. The van der Waals surface area contributed by atoms with Gasteiger partial charge < -0.3 is 9.73 Å². The SMILES string of the molecule is CC(C)NC(=O)c1ccccc1CSc1nc2ccccc2o1. The van der Waals surface area contributed by atoms with E-state index in [1.807, 2.05) is 62.4 Å². The highest BCUT2D eigenvalue weighted by Gasteiger charge is 2.13. The Morgan fingerprint density at radius 3 is 2.70 bits per heavy atom. The number of thioether (sulfide) groups is 1. The maximum atomic E-state index is 12.3. The summed E-state index contributed by atoms with van der Waals surface area (Å²) in [5, 5.41) is 3.55. The highest BCUT2D eigenvalue weighted by atomic mass is 32.2. The zero-order valence-electron chi connectivity index (χ0n) is 13.1. The predicted molar refractivity (Wildman–Crippen MR) is 92.6 cm³/mol. The number of carbonyl (C=O) groups is 1. The van der Waals surface area contributed by atoms with Crippen LogP contribution in [0.2, 0.25) is 0 Å². The number of carbonyl (C=O) groups excluding carboxylic acids is 1. The summed E-state index contributed by atoms with van der Waals surface area (Å²) < 4.78 is 5.71. The fourth-order valence-electron chi connectivity index (χ4n) is 2.26. The molecule has 0 atom stereocenters. The minimum atomic E-state index is -0.0474. The monoisotopic (exact) mass is 326 g/mol. The molecular weight excluding hydrogens is 308 g/mol. The summed E-state index contributed by atoms with van der Waals surface area (Å²) in [6.07, 6.45) is 0. The van der Waals surface area contributed by atoms with E-state index < -0.39 is 0 Å². The first-order chi connectivity index (χ1) is 11.1. The lowest BCUT2D eigenvalue weighted by molar-refractivity contribution is 0.0942. The van der Waals surface area contributed by atoms with Crippen LogP contribution >= 0.6 is 11.8 Å². The molecule has 1 aromatic heterocycles. The molecule has 0 saturated carbocycles. The van der Waals surface area contributed by atoms with E-state index in [9.17, 15) is 4.79 Å². The molecule has 0 bridgehead atoms. The number of rotatable bonds is 5. The van der Waals surface area contributed by atoms with Crippen LogP contribution < -0.4 is 5.32 Å². The lowest BCUT2D eigenvalue weighted by Gasteiger charge is -2.11. The Labute approximate surface area is 139 Å².